The van der Waals surface area contributed by atoms with Gasteiger partial charge in [-0.25, -0.2) is 4.79 Å². The SMILES string of the molecule is CC(NC(=O)NCC(=O)O)c1ccccn1. The van der Waals surface area contributed by atoms with Gasteiger partial charge in [0, 0.05) is 6.20 Å². The van der Waals surface area contributed by atoms with E-state index in [1.54, 1.807) is 25.3 Å². The van der Waals surface area contributed by atoms with Gasteiger partial charge < -0.3 is 15.7 Å². The van der Waals surface area contributed by atoms with E-state index in [0.717, 1.165) is 0 Å². The second-order valence-electron chi connectivity index (χ2n) is 3.20. The summed E-state index contributed by atoms with van der Waals surface area (Å²) in [6, 6.07) is 4.58. The van der Waals surface area contributed by atoms with Crippen LogP contribution >= 0.6 is 0 Å². The highest BCUT2D eigenvalue weighted by molar-refractivity contribution is 5.80. The number of rotatable bonds is 4. The third-order valence-electron chi connectivity index (χ3n) is 1.88. The van der Waals surface area contributed by atoms with E-state index in [1.807, 2.05) is 6.07 Å². The van der Waals surface area contributed by atoms with Gasteiger partial charge in [0.2, 0.25) is 0 Å². The van der Waals surface area contributed by atoms with Crippen LogP contribution in [0.2, 0.25) is 0 Å². The van der Waals surface area contributed by atoms with Crippen LogP contribution < -0.4 is 10.6 Å². The number of amides is 2. The summed E-state index contributed by atoms with van der Waals surface area (Å²) in [5.74, 6) is -1.08. The molecule has 0 radical (unpaired) electrons. The smallest absolute Gasteiger partial charge is 0.323 e. The Balaban J connectivity index is 2.43. The summed E-state index contributed by atoms with van der Waals surface area (Å²) in [4.78, 5) is 25.5. The maximum absolute atomic E-state index is 11.2. The summed E-state index contributed by atoms with van der Waals surface area (Å²) in [6.45, 7) is 1.36. The van der Waals surface area contributed by atoms with Crippen molar-refractivity contribution in [1.29, 1.82) is 0 Å². The Morgan fingerprint density at radius 2 is 2.25 bits per heavy atom. The van der Waals surface area contributed by atoms with E-state index < -0.39 is 18.5 Å². The standard InChI is InChI=1S/C10H13N3O3/c1-7(8-4-2-3-5-11-8)13-10(16)12-6-9(14)15/h2-5,7H,6H2,1H3,(H,14,15)(H2,12,13,16). The van der Waals surface area contributed by atoms with Crippen LogP contribution in [-0.2, 0) is 4.79 Å². The fourth-order valence-corrected chi connectivity index (χ4v) is 1.11. The summed E-state index contributed by atoms with van der Waals surface area (Å²) >= 11 is 0. The molecule has 0 bridgehead atoms. The van der Waals surface area contributed by atoms with Crippen molar-refractivity contribution < 1.29 is 14.7 Å². The molecule has 2 amide bonds. The first kappa shape index (κ1) is 12.0. The molecular formula is C10H13N3O3. The zero-order chi connectivity index (χ0) is 12.0. The molecule has 0 saturated heterocycles. The molecule has 0 aliphatic rings. The molecule has 1 unspecified atom stereocenters. The van der Waals surface area contributed by atoms with Gasteiger partial charge in [0.25, 0.3) is 0 Å². The van der Waals surface area contributed by atoms with Gasteiger partial charge in [-0.05, 0) is 19.1 Å². The Hall–Kier alpha value is -2.11. The fourth-order valence-electron chi connectivity index (χ4n) is 1.11. The zero-order valence-corrected chi connectivity index (χ0v) is 8.80. The number of hydrogen-bond donors (Lipinski definition) is 3. The van der Waals surface area contributed by atoms with Crippen molar-refractivity contribution in [2.24, 2.45) is 0 Å². The topological polar surface area (TPSA) is 91.3 Å². The maximum atomic E-state index is 11.2. The Kier molecular flexibility index (Phi) is 4.26. The van der Waals surface area contributed by atoms with Crippen molar-refractivity contribution in [3.05, 3.63) is 30.1 Å². The van der Waals surface area contributed by atoms with Crippen molar-refractivity contribution in [2.45, 2.75) is 13.0 Å². The van der Waals surface area contributed by atoms with E-state index in [1.165, 1.54) is 0 Å². The van der Waals surface area contributed by atoms with Crippen LogP contribution in [0.4, 0.5) is 4.79 Å². The van der Waals surface area contributed by atoms with E-state index >= 15 is 0 Å². The Bertz CT molecular complexity index is 367. The van der Waals surface area contributed by atoms with Gasteiger partial charge in [-0.1, -0.05) is 6.07 Å². The summed E-state index contributed by atoms with van der Waals surface area (Å²) in [5, 5.41) is 13.1. The summed E-state index contributed by atoms with van der Waals surface area (Å²) in [6.07, 6.45) is 1.63. The van der Waals surface area contributed by atoms with E-state index in [0.29, 0.717) is 5.69 Å². The van der Waals surface area contributed by atoms with Crippen LogP contribution in [0.25, 0.3) is 0 Å². The third kappa shape index (κ3) is 3.95. The predicted molar refractivity (Wildman–Crippen MR) is 56.8 cm³/mol. The van der Waals surface area contributed by atoms with Crippen LogP contribution in [0.15, 0.2) is 24.4 Å². The summed E-state index contributed by atoms with van der Waals surface area (Å²) < 4.78 is 0. The average Bonchev–Trinajstić information content (AvgIpc) is 2.27. The average molecular weight is 223 g/mol. The Labute approximate surface area is 92.7 Å². The van der Waals surface area contributed by atoms with Gasteiger partial charge in [0.15, 0.2) is 0 Å². The Morgan fingerprint density at radius 3 is 2.81 bits per heavy atom. The first-order valence-electron chi connectivity index (χ1n) is 4.76. The largest absolute Gasteiger partial charge is 0.480 e. The van der Waals surface area contributed by atoms with Crippen LogP contribution in [0, 0.1) is 0 Å². The number of carbonyl (C=O) groups excluding carboxylic acids is 1. The van der Waals surface area contributed by atoms with Gasteiger partial charge in [0.1, 0.15) is 6.54 Å². The van der Waals surface area contributed by atoms with Crippen molar-refractivity contribution >= 4 is 12.0 Å². The molecule has 3 N–H and O–H groups in total. The number of pyridine rings is 1. The minimum Gasteiger partial charge on any atom is -0.480 e. The van der Waals surface area contributed by atoms with Gasteiger partial charge >= 0.3 is 12.0 Å². The zero-order valence-electron chi connectivity index (χ0n) is 8.80. The molecule has 0 aliphatic heterocycles. The van der Waals surface area contributed by atoms with Gasteiger partial charge in [-0.15, -0.1) is 0 Å². The van der Waals surface area contributed by atoms with Crippen LogP contribution in [0.5, 0.6) is 0 Å². The molecule has 1 atom stereocenters. The highest BCUT2D eigenvalue weighted by Gasteiger charge is 2.10. The van der Waals surface area contributed by atoms with Crippen molar-refractivity contribution in [3.63, 3.8) is 0 Å². The molecule has 0 saturated carbocycles. The quantitative estimate of drug-likeness (QED) is 0.694. The lowest BCUT2D eigenvalue weighted by atomic mass is 10.2. The highest BCUT2D eigenvalue weighted by Crippen LogP contribution is 2.06. The first-order valence-corrected chi connectivity index (χ1v) is 4.76. The molecule has 1 aromatic rings. The second kappa shape index (κ2) is 5.69. The van der Waals surface area contributed by atoms with Crippen molar-refractivity contribution in [1.82, 2.24) is 15.6 Å². The summed E-state index contributed by atoms with van der Waals surface area (Å²) in [5.41, 5.74) is 0.716. The van der Waals surface area contributed by atoms with Gasteiger partial charge in [0.05, 0.1) is 11.7 Å². The lowest BCUT2D eigenvalue weighted by molar-refractivity contribution is -0.135. The second-order valence-corrected chi connectivity index (χ2v) is 3.20. The number of urea groups is 1. The number of carboxylic acids is 1. The first-order chi connectivity index (χ1) is 7.59. The normalized spacial score (nSPS) is 11.6. The van der Waals surface area contributed by atoms with Crippen LogP contribution in [0.3, 0.4) is 0 Å². The molecule has 16 heavy (non-hydrogen) atoms. The molecular weight excluding hydrogens is 210 g/mol. The van der Waals surface area contributed by atoms with Crippen molar-refractivity contribution in [2.75, 3.05) is 6.54 Å². The van der Waals surface area contributed by atoms with Gasteiger partial charge in [-0.2, -0.15) is 0 Å². The molecule has 86 valence electrons. The number of carbonyl (C=O) groups is 2. The number of hydrogen-bond acceptors (Lipinski definition) is 3. The predicted octanol–water partition coefficient (Wildman–Crippen LogP) is 0.526. The molecule has 6 nitrogen and oxygen atoms in total. The van der Waals surface area contributed by atoms with Gasteiger partial charge in [-0.3, -0.25) is 9.78 Å². The van der Waals surface area contributed by atoms with Crippen LogP contribution in [-0.4, -0.2) is 28.6 Å². The molecule has 1 rings (SSSR count). The maximum Gasteiger partial charge on any atom is 0.323 e. The number of nitrogens with zero attached hydrogens (tertiary/aromatic N) is 1. The molecule has 0 fully saturated rings. The lowest BCUT2D eigenvalue weighted by Crippen LogP contribution is -2.39. The lowest BCUT2D eigenvalue weighted by Gasteiger charge is -2.13. The van der Waals surface area contributed by atoms with Crippen LogP contribution in [0.1, 0.15) is 18.7 Å². The molecule has 0 aliphatic carbocycles. The van der Waals surface area contributed by atoms with E-state index in [4.69, 9.17) is 5.11 Å². The van der Waals surface area contributed by atoms with E-state index in [-0.39, 0.29) is 6.04 Å². The number of aliphatic carboxylic acids is 1. The number of aromatic nitrogens is 1. The fraction of sp³-hybridized carbons (Fsp3) is 0.300. The highest BCUT2D eigenvalue weighted by atomic mass is 16.4. The summed E-state index contributed by atoms with van der Waals surface area (Å²) in [7, 11) is 0. The molecule has 0 spiro atoms. The molecule has 0 aromatic carbocycles. The third-order valence-corrected chi connectivity index (χ3v) is 1.88. The minimum absolute atomic E-state index is 0.269. The van der Waals surface area contributed by atoms with E-state index in [2.05, 4.69) is 15.6 Å². The van der Waals surface area contributed by atoms with Crippen molar-refractivity contribution in [3.8, 4) is 0 Å². The molecule has 6 heteroatoms. The minimum atomic E-state index is -1.08. The molecule has 1 aromatic heterocycles. The van der Waals surface area contributed by atoms with E-state index in [9.17, 15) is 9.59 Å². The Morgan fingerprint density at radius 1 is 1.50 bits per heavy atom. The monoisotopic (exact) mass is 223 g/mol. The molecule has 1 heterocycles. The number of carboxylic acid groups (broad SMARTS) is 1. The number of nitrogens with one attached hydrogen (secondary N) is 2.